The third kappa shape index (κ3) is 2.59. The molecule has 0 amide bonds. The number of ether oxygens (including phenoxy) is 1. The fourth-order valence-corrected chi connectivity index (χ4v) is 1.23. The Morgan fingerprint density at radius 3 is 2.76 bits per heavy atom. The Hall–Kier alpha value is -1.95. The Kier molecular flexibility index (Phi) is 3.06. The van der Waals surface area contributed by atoms with E-state index in [1.165, 1.54) is 6.20 Å². The Bertz CT molecular complexity index is 565. The fraction of sp³-hybridized carbons (Fsp3) is 0. The number of halogens is 3. The van der Waals surface area contributed by atoms with Gasteiger partial charge in [-0.15, -0.1) is 0 Å². The molecular formula is C10H6ClF2N3O. The first-order valence-electron chi connectivity index (χ1n) is 4.47. The molecule has 0 saturated carbocycles. The molecule has 0 unspecified atom stereocenters. The van der Waals surface area contributed by atoms with Gasteiger partial charge < -0.3 is 10.5 Å². The molecule has 2 N–H and O–H groups in total. The summed E-state index contributed by atoms with van der Waals surface area (Å²) in [4.78, 5) is 7.30. The molecule has 2 aromatic rings. The monoisotopic (exact) mass is 257 g/mol. The minimum Gasteiger partial charge on any atom is -0.434 e. The number of rotatable bonds is 2. The fourth-order valence-electron chi connectivity index (χ4n) is 1.10. The van der Waals surface area contributed by atoms with Crippen molar-refractivity contribution < 1.29 is 13.5 Å². The predicted octanol–water partition coefficient (Wildman–Crippen LogP) is 2.78. The molecule has 0 saturated heterocycles. The van der Waals surface area contributed by atoms with Crippen molar-refractivity contribution >= 4 is 17.5 Å². The van der Waals surface area contributed by atoms with E-state index in [2.05, 4.69) is 9.97 Å². The highest BCUT2D eigenvalue weighted by Gasteiger charge is 2.10. The van der Waals surface area contributed by atoms with E-state index in [-0.39, 0.29) is 22.6 Å². The molecule has 17 heavy (non-hydrogen) atoms. The van der Waals surface area contributed by atoms with E-state index in [0.717, 1.165) is 12.1 Å². The van der Waals surface area contributed by atoms with Gasteiger partial charge in [0.25, 0.3) is 0 Å². The summed E-state index contributed by atoms with van der Waals surface area (Å²) in [5.74, 6) is -1.93. The topological polar surface area (TPSA) is 61.0 Å². The first kappa shape index (κ1) is 11.5. The van der Waals surface area contributed by atoms with Gasteiger partial charge in [-0.3, -0.25) is 0 Å². The second kappa shape index (κ2) is 4.50. The van der Waals surface area contributed by atoms with Crippen LogP contribution in [0.2, 0.25) is 5.02 Å². The lowest BCUT2D eigenvalue weighted by molar-refractivity contribution is 0.423. The first-order valence-corrected chi connectivity index (χ1v) is 4.85. The molecule has 0 bridgehead atoms. The summed E-state index contributed by atoms with van der Waals surface area (Å²) >= 11 is 5.73. The number of benzene rings is 1. The molecule has 88 valence electrons. The van der Waals surface area contributed by atoms with Gasteiger partial charge in [0, 0.05) is 6.07 Å². The number of hydrogen-bond acceptors (Lipinski definition) is 4. The number of anilines is 1. The molecule has 4 nitrogen and oxygen atoms in total. The molecule has 7 heteroatoms. The van der Waals surface area contributed by atoms with Gasteiger partial charge in [0.15, 0.2) is 11.6 Å². The van der Waals surface area contributed by atoms with E-state index in [4.69, 9.17) is 22.1 Å². The summed E-state index contributed by atoms with van der Waals surface area (Å²) in [6, 6.07) is 2.87. The van der Waals surface area contributed by atoms with Crippen LogP contribution in [-0.4, -0.2) is 9.97 Å². The molecule has 1 aromatic carbocycles. The molecule has 0 aliphatic heterocycles. The van der Waals surface area contributed by atoms with Crippen LogP contribution < -0.4 is 10.5 Å². The van der Waals surface area contributed by atoms with Gasteiger partial charge in [-0.1, -0.05) is 11.6 Å². The van der Waals surface area contributed by atoms with Crippen molar-refractivity contribution in [3.8, 4) is 11.6 Å². The summed E-state index contributed by atoms with van der Waals surface area (Å²) in [6.45, 7) is 0. The van der Waals surface area contributed by atoms with Crippen molar-refractivity contribution in [2.24, 2.45) is 0 Å². The van der Waals surface area contributed by atoms with Crippen LogP contribution in [0.25, 0.3) is 0 Å². The van der Waals surface area contributed by atoms with Crippen LogP contribution in [0.15, 0.2) is 24.4 Å². The van der Waals surface area contributed by atoms with Crippen LogP contribution >= 0.6 is 11.6 Å². The average Bonchev–Trinajstić information content (AvgIpc) is 2.27. The number of hydrogen-bond donors (Lipinski definition) is 1. The SMILES string of the molecule is Nc1ncc(Cl)c(Oc2ccc(F)cc2F)n1. The summed E-state index contributed by atoms with van der Waals surface area (Å²) in [5.41, 5.74) is 5.33. The van der Waals surface area contributed by atoms with E-state index in [1.807, 2.05) is 0 Å². The minimum atomic E-state index is -0.863. The van der Waals surface area contributed by atoms with E-state index in [1.54, 1.807) is 0 Å². The van der Waals surface area contributed by atoms with Gasteiger partial charge in [-0.05, 0) is 12.1 Å². The molecule has 1 aromatic heterocycles. The highest BCUT2D eigenvalue weighted by molar-refractivity contribution is 6.31. The van der Waals surface area contributed by atoms with Crippen LogP contribution in [-0.2, 0) is 0 Å². The summed E-state index contributed by atoms with van der Waals surface area (Å²) in [6.07, 6.45) is 1.22. The Balaban J connectivity index is 2.34. The molecule has 1 heterocycles. The quantitative estimate of drug-likeness (QED) is 0.899. The number of nitrogens with two attached hydrogens (primary N) is 1. The van der Waals surface area contributed by atoms with Gasteiger partial charge in [-0.25, -0.2) is 13.8 Å². The minimum absolute atomic E-state index is 0.0630. The highest BCUT2D eigenvalue weighted by Crippen LogP contribution is 2.28. The van der Waals surface area contributed by atoms with Gasteiger partial charge in [0.05, 0.1) is 6.20 Å². The van der Waals surface area contributed by atoms with Crippen LogP contribution in [0.1, 0.15) is 0 Å². The van der Waals surface area contributed by atoms with Crippen molar-refractivity contribution in [1.82, 2.24) is 9.97 Å². The summed E-state index contributed by atoms with van der Waals surface area (Å²) < 4.78 is 31.0. The lowest BCUT2D eigenvalue weighted by Crippen LogP contribution is -1.98. The molecular weight excluding hydrogens is 252 g/mol. The Morgan fingerprint density at radius 1 is 1.29 bits per heavy atom. The van der Waals surface area contributed by atoms with Crippen molar-refractivity contribution in [2.75, 3.05) is 5.73 Å². The van der Waals surface area contributed by atoms with Gasteiger partial charge in [-0.2, -0.15) is 4.98 Å². The molecule has 0 radical (unpaired) electrons. The van der Waals surface area contributed by atoms with E-state index in [0.29, 0.717) is 6.07 Å². The Labute approximate surface area is 100 Å². The Morgan fingerprint density at radius 2 is 2.06 bits per heavy atom. The highest BCUT2D eigenvalue weighted by atomic mass is 35.5. The van der Waals surface area contributed by atoms with Crippen molar-refractivity contribution in [2.45, 2.75) is 0 Å². The maximum atomic E-state index is 13.3. The summed E-state index contributed by atoms with van der Waals surface area (Å²) in [7, 11) is 0. The molecule has 0 fully saturated rings. The smallest absolute Gasteiger partial charge is 0.243 e. The first-order chi connectivity index (χ1) is 8.06. The standard InChI is InChI=1S/C10H6ClF2N3O/c11-6-4-15-10(14)16-9(6)17-8-2-1-5(12)3-7(8)13/h1-4H,(H2,14,15,16). The third-order valence-corrected chi connectivity index (χ3v) is 2.09. The van der Waals surface area contributed by atoms with Gasteiger partial charge in [0.1, 0.15) is 10.8 Å². The second-order valence-corrected chi connectivity index (χ2v) is 3.47. The normalized spacial score (nSPS) is 10.3. The number of aromatic nitrogens is 2. The van der Waals surface area contributed by atoms with E-state index < -0.39 is 11.6 Å². The van der Waals surface area contributed by atoms with Crippen molar-refractivity contribution in [1.29, 1.82) is 0 Å². The van der Waals surface area contributed by atoms with Crippen LogP contribution in [0.3, 0.4) is 0 Å². The number of nitrogen functional groups attached to an aromatic ring is 1. The largest absolute Gasteiger partial charge is 0.434 e. The lowest BCUT2D eigenvalue weighted by Gasteiger charge is -2.07. The molecule has 0 aliphatic rings. The second-order valence-electron chi connectivity index (χ2n) is 3.06. The number of nitrogens with zero attached hydrogens (tertiary/aromatic N) is 2. The van der Waals surface area contributed by atoms with E-state index in [9.17, 15) is 8.78 Å². The molecule has 0 spiro atoms. The van der Waals surface area contributed by atoms with Crippen molar-refractivity contribution in [3.63, 3.8) is 0 Å². The zero-order valence-corrected chi connectivity index (χ0v) is 9.08. The zero-order valence-electron chi connectivity index (χ0n) is 8.32. The maximum Gasteiger partial charge on any atom is 0.243 e. The van der Waals surface area contributed by atoms with Crippen molar-refractivity contribution in [3.05, 3.63) is 41.1 Å². The molecule has 0 atom stereocenters. The predicted molar refractivity (Wildman–Crippen MR) is 57.9 cm³/mol. The summed E-state index contributed by atoms with van der Waals surface area (Å²) in [5, 5.41) is 0.0722. The molecule has 0 aliphatic carbocycles. The third-order valence-electron chi connectivity index (χ3n) is 1.83. The van der Waals surface area contributed by atoms with Gasteiger partial charge >= 0.3 is 0 Å². The lowest BCUT2D eigenvalue weighted by atomic mass is 10.3. The zero-order chi connectivity index (χ0) is 12.4. The molecule has 2 rings (SSSR count). The van der Waals surface area contributed by atoms with Gasteiger partial charge in [0.2, 0.25) is 11.8 Å². The van der Waals surface area contributed by atoms with Crippen LogP contribution in [0, 0.1) is 11.6 Å². The van der Waals surface area contributed by atoms with Crippen LogP contribution in [0.5, 0.6) is 11.6 Å². The maximum absolute atomic E-state index is 13.3. The van der Waals surface area contributed by atoms with E-state index >= 15 is 0 Å². The average molecular weight is 258 g/mol. The van der Waals surface area contributed by atoms with Crippen LogP contribution in [0.4, 0.5) is 14.7 Å².